The van der Waals surface area contributed by atoms with Gasteiger partial charge in [-0.2, -0.15) is 5.10 Å². The van der Waals surface area contributed by atoms with Crippen LogP contribution < -0.4 is 10.6 Å². The Morgan fingerprint density at radius 3 is 3.00 bits per heavy atom. The summed E-state index contributed by atoms with van der Waals surface area (Å²) >= 11 is 0. The highest BCUT2D eigenvalue weighted by Crippen LogP contribution is 2.40. The third-order valence-electron chi connectivity index (χ3n) is 5.07. The molecule has 1 saturated carbocycles. The molecule has 1 saturated heterocycles. The van der Waals surface area contributed by atoms with Crippen LogP contribution in [-0.2, 0) is 13.1 Å². The van der Waals surface area contributed by atoms with Gasteiger partial charge in [0.2, 0.25) is 0 Å². The molecule has 1 aliphatic carbocycles. The number of nitrogens with one attached hydrogen (secondary N) is 2. The molecule has 2 fully saturated rings. The number of amides is 3. The minimum atomic E-state index is -0.326. The van der Waals surface area contributed by atoms with Crippen LogP contribution in [0.3, 0.4) is 0 Å². The summed E-state index contributed by atoms with van der Waals surface area (Å²) in [5, 5.41) is 17.6. The summed E-state index contributed by atoms with van der Waals surface area (Å²) in [7, 11) is 0. The predicted octanol–water partition coefficient (Wildman–Crippen LogP) is 0.833. The lowest BCUT2D eigenvalue weighted by Gasteiger charge is -2.13. The third kappa shape index (κ3) is 3.50. The number of fused-ring (bicyclic) bond motifs is 1. The van der Waals surface area contributed by atoms with Crippen LogP contribution in [0.1, 0.15) is 53.1 Å². The van der Waals surface area contributed by atoms with Crippen LogP contribution in [0.2, 0.25) is 0 Å². The van der Waals surface area contributed by atoms with Crippen molar-refractivity contribution in [2.75, 3.05) is 6.54 Å². The second-order valence-corrected chi connectivity index (χ2v) is 7.58. The van der Waals surface area contributed by atoms with Gasteiger partial charge < -0.3 is 15.5 Å². The van der Waals surface area contributed by atoms with E-state index in [0.717, 1.165) is 18.4 Å². The van der Waals surface area contributed by atoms with Gasteiger partial charge in [-0.3, -0.25) is 4.79 Å². The fourth-order valence-electron chi connectivity index (χ4n) is 3.49. The maximum absolute atomic E-state index is 12.4. The summed E-state index contributed by atoms with van der Waals surface area (Å²) in [6.07, 6.45) is 5.49. The summed E-state index contributed by atoms with van der Waals surface area (Å²) in [5.41, 5.74) is 3.09. The van der Waals surface area contributed by atoms with Crippen molar-refractivity contribution >= 4 is 17.6 Å². The van der Waals surface area contributed by atoms with Gasteiger partial charge in [-0.25, -0.2) is 18.9 Å². The van der Waals surface area contributed by atoms with E-state index in [1.807, 2.05) is 13.0 Å². The molecule has 4 heterocycles. The zero-order valence-electron chi connectivity index (χ0n) is 15.8. The van der Waals surface area contributed by atoms with E-state index in [9.17, 15) is 9.59 Å². The molecule has 2 N–H and O–H groups in total. The van der Waals surface area contributed by atoms with Crippen molar-refractivity contribution in [2.45, 2.75) is 44.8 Å². The molecule has 1 unspecified atom stereocenters. The fraction of sp³-hybridized carbons (Fsp3) is 0.444. The van der Waals surface area contributed by atoms with E-state index in [4.69, 9.17) is 4.63 Å². The van der Waals surface area contributed by atoms with Crippen LogP contribution in [0.5, 0.6) is 0 Å². The van der Waals surface area contributed by atoms with Gasteiger partial charge in [-0.1, -0.05) is 5.16 Å². The van der Waals surface area contributed by atoms with Crippen LogP contribution in [0.25, 0.3) is 5.65 Å². The Hall–Kier alpha value is -3.50. The van der Waals surface area contributed by atoms with Crippen LogP contribution in [0, 0.1) is 0 Å². The monoisotopic (exact) mass is 396 g/mol. The summed E-state index contributed by atoms with van der Waals surface area (Å²) in [6.45, 7) is 3.34. The Balaban J connectivity index is 1.26. The lowest BCUT2D eigenvalue weighted by Crippen LogP contribution is -2.28. The fourth-order valence-corrected chi connectivity index (χ4v) is 3.49. The average Bonchev–Trinajstić information content (AvgIpc) is 3.14. The first-order chi connectivity index (χ1) is 14.1. The lowest BCUT2D eigenvalue weighted by molar-refractivity contribution is 0.0940. The number of aromatic nitrogens is 5. The van der Waals surface area contributed by atoms with Crippen molar-refractivity contribution in [2.24, 2.45) is 0 Å². The summed E-state index contributed by atoms with van der Waals surface area (Å²) < 4.78 is 6.37. The molecule has 5 rings (SSSR count). The van der Waals surface area contributed by atoms with Gasteiger partial charge in [0.05, 0.1) is 24.6 Å². The Morgan fingerprint density at radius 2 is 2.24 bits per heavy atom. The molecule has 3 amide bonds. The normalized spacial score (nSPS) is 19.0. The Bertz CT molecular complexity index is 1090. The smallest absolute Gasteiger partial charge is 0.318 e. The quantitative estimate of drug-likeness (QED) is 0.631. The molecule has 0 radical (unpaired) electrons. The highest BCUT2D eigenvalue weighted by Gasteiger charge is 2.33. The number of carbonyl (C=O) groups is 2. The number of urea groups is 1. The largest absolute Gasteiger partial charge is 0.345 e. The average molecular weight is 396 g/mol. The van der Waals surface area contributed by atoms with E-state index in [1.165, 1.54) is 0 Å². The maximum Gasteiger partial charge on any atom is 0.318 e. The summed E-state index contributed by atoms with van der Waals surface area (Å²) in [6, 6.07) is 1.96. The molecule has 1 aliphatic heterocycles. The molecular weight excluding hydrogens is 376 g/mol. The van der Waals surface area contributed by atoms with E-state index in [0.29, 0.717) is 30.1 Å². The SMILES string of the molecule is CC1CN(Cc2cnn3cc(CNC(=O)c4nonc4C4CC4)nc3c2)C(=O)N1. The van der Waals surface area contributed by atoms with E-state index in [2.05, 4.69) is 31.0 Å². The molecular formula is C18H20N8O3. The van der Waals surface area contributed by atoms with Crippen molar-refractivity contribution in [1.82, 2.24) is 40.4 Å². The van der Waals surface area contributed by atoms with E-state index < -0.39 is 0 Å². The topological polar surface area (TPSA) is 131 Å². The highest BCUT2D eigenvalue weighted by molar-refractivity contribution is 5.93. The van der Waals surface area contributed by atoms with Gasteiger partial charge in [0.15, 0.2) is 11.3 Å². The van der Waals surface area contributed by atoms with Crippen molar-refractivity contribution in [1.29, 1.82) is 0 Å². The first kappa shape index (κ1) is 17.6. The molecule has 11 nitrogen and oxygen atoms in total. The minimum Gasteiger partial charge on any atom is -0.345 e. The lowest BCUT2D eigenvalue weighted by atomic mass is 10.2. The standard InChI is InChI=1S/C18H20N8O3/c1-10-7-25(18(28)21-10)8-11-4-14-22-13(9-26(14)20-5-11)6-19-17(27)16-15(12-2-3-12)23-29-24-16/h4-5,9-10,12H,2-3,6-8H2,1H3,(H,19,27)(H,21,28). The molecule has 11 heteroatoms. The van der Waals surface area contributed by atoms with Gasteiger partial charge in [0.1, 0.15) is 5.69 Å². The number of hydrogen-bond donors (Lipinski definition) is 2. The van der Waals surface area contributed by atoms with E-state index >= 15 is 0 Å². The zero-order chi connectivity index (χ0) is 20.0. The highest BCUT2D eigenvalue weighted by atomic mass is 16.6. The zero-order valence-corrected chi connectivity index (χ0v) is 15.8. The first-order valence-corrected chi connectivity index (χ1v) is 9.56. The molecule has 29 heavy (non-hydrogen) atoms. The van der Waals surface area contributed by atoms with E-state index in [1.54, 1.807) is 21.8 Å². The van der Waals surface area contributed by atoms with Crippen LogP contribution in [-0.4, -0.2) is 54.3 Å². The van der Waals surface area contributed by atoms with E-state index in [-0.39, 0.29) is 36.1 Å². The Morgan fingerprint density at radius 1 is 1.38 bits per heavy atom. The number of hydrogen-bond acceptors (Lipinski definition) is 7. The minimum absolute atomic E-state index is 0.0722. The molecule has 0 aromatic carbocycles. The molecule has 2 aliphatic rings. The molecule has 1 atom stereocenters. The van der Waals surface area contributed by atoms with Gasteiger partial charge >= 0.3 is 6.03 Å². The van der Waals surface area contributed by atoms with Crippen molar-refractivity contribution in [3.8, 4) is 0 Å². The number of imidazole rings is 1. The Labute approximate surface area is 165 Å². The van der Waals surface area contributed by atoms with Crippen LogP contribution in [0.4, 0.5) is 4.79 Å². The van der Waals surface area contributed by atoms with Gasteiger partial charge in [0, 0.05) is 25.0 Å². The summed E-state index contributed by atoms with van der Waals surface area (Å²) in [5.74, 6) is -0.0477. The van der Waals surface area contributed by atoms with Crippen LogP contribution in [0.15, 0.2) is 23.1 Å². The van der Waals surface area contributed by atoms with Crippen LogP contribution >= 0.6 is 0 Å². The van der Waals surface area contributed by atoms with Crippen molar-refractivity contribution in [3.63, 3.8) is 0 Å². The second-order valence-electron chi connectivity index (χ2n) is 7.58. The first-order valence-electron chi connectivity index (χ1n) is 9.56. The van der Waals surface area contributed by atoms with Gasteiger partial charge in [0.25, 0.3) is 5.91 Å². The van der Waals surface area contributed by atoms with Crippen molar-refractivity contribution in [3.05, 3.63) is 41.1 Å². The molecule has 3 aromatic heterocycles. The molecule has 3 aromatic rings. The van der Waals surface area contributed by atoms with Crippen molar-refractivity contribution < 1.29 is 14.2 Å². The second kappa shape index (κ2) is 6.83. The van der Waals surface area contributed by atoms with Gasteiger partial charge in [-0.05, 0) is 36.6 Å². The van der Waals surface area contributed by atoms with Gasteiger partial charge in [-0.15, -0.1) is 0 Å². The summed E-state index contributed by atoms with van der Waals surface area (Å²) in [4.78, 5) is 30.5. The molecule has 0 spiro atoms. The molecule has 0 bridgehead atoms. The number of rotatable bonds is 6. The maximum atomic E-state index is 12.4. The third-order valence-corrected chi connectivity index (χ3v) is 5.07. The number of carbonyl (C=O) groups excluding carboxylic acids is 2. The predicted molar refractivity (Wildman–Crippen MR) is 98.8 cm³/mol. The Kier molecular flexibility index (Phi) is 4.14. The number of nitrogens with zero attached hydrogens (tertiary/aromatic N) is 6. The molecule has 150 valence electrons.